The van der Waals surface area contributed by atoms with Crippen LogP contribution in [0.25, 0.3) is 0 Å². The summed E-state index contributed by atoms with van der Waals surface area (Å²) >= 11 is 0. The van der Waals surface area contributed by atoms with Crippen LogP contribution in [0.15, 0.2) is 18.2 Å². The first-order valence-electron chi connectivity index (χ1n) is 7.31. The molecule has 0 amide bonds. The van der Waals surface area contributed by atoms with Gasteiger partial charge in [0.05, 0.1) is 5.56 Å². The maximum atomic E-state index is 13.5. The number of carbonyl (C=O) groups excluding carboxylic acids is 1. The molecule has 0 N–H and O–H groups in total. The first-order chi connectivity index (χ1) is 9.61. The van der Waals surface area contributed by atoms with Gasteiger partial charge in [-0.05, 0) is 37.4 Å². The van der Waals surface area contributed by atoms with Crippen LogP contribution in [0.2, 0.25) is 0 Å². The van der Waals surface area contributed by atoms with Crippen LogP contribution in [0.3, 0.4) is 0 Å². The molecule has 0 spiro atoms. The van der Waals surface area contributed by atoms with Crippen molar-refractivity contribution >= 4 is 5.78 Å². The molecule has 1 atom stereocenters. The number of Topliss-reactive ketones (excluding diaryl/α,β-unsaturated/α-hetero) is 1. The number of benzene rings is 1. The minimum Gasteiger partial charge on any atom is -0.303 e. The fraction of sp³-hybridized carbons (Fsp3) is 0.562. The van der Waals surface area contributed by atoms with Gasteiger partial charge in [-0.15, -0.1) is 0 Å². The van der Waals surface area contributed by atoms with Gasteiger partial charge in [0.1, 0.15) is 0 Å². The third-order valence-electron chi connectivity index (χ3n) is 3.97. The lowest BCUT2D eigenvalue weighted by molar-refractivity contribution is 0.0963. The summed E-state index contributed by atoms with van der Waals surface area (Å²) in [5.74, 6) is -1.58. The molecule has 0 radical (unpaired) electrons. The molecule has 1 unspecified atom stereocenters. The van der Waals surface area contributed by atoms with Gasteiger partial charge < -0.3 is 4.90 Å². The van der Waals surface area contributed by atoms with Crippen molar-refractivity contribution in [2.75, 3.05) is 19.6 Å². The van der Waals surface area contributed by atoms with Crippen LogP contribution >= 0.6 is 0 Å². The smallest absolute Gasteiger partial charge is 0.169 e. The number of rotatable bonds is 6. The molecule has 0 saturated carbocycles. The molecule has 110 valence electrons. The van der Waals surface area contributed by atoms with E-state index in [-0.39, 0.29) is 17.8 Å². The topological polar surface area (TPSA) is 20.3 Å². The molecule has 1 aromatic carbocycles. The molecular formula is C16H21F2NO. The van der Waals surface area contributed by atoms with Gasteiger partial charge >= 0.3 is 0 Å². The Kier molecular flexibility index (Phi) is 5.24. The van der Waals surface area contributed by atoms with Gasteiger partial charge in [-0.2, -0.15) is 0 Å². The number of hydrogen-bond acceptors (Lipinski definition) is 2. The first-order valence-corrected chi connectivity index (χ1v) is 7.31. The third kappa shape index (κ3) is 3.63. The summed E-state index contributed by atoms with van der Waals surface area (Å²) in [7, 11) is 0. The number of carbonyl (C=O) groups is 1. The van der Waals surface area contributed by atoms with Crippen molar-refractivity contribution in [3.8, 4) is 0 Å². The summed E-state index contributed by atoms with van der Waals surface area (Å²) in [6, 6.07) is 3.76. The van der Waals surface area contributed by atoms with Crippen LogP contribution in [-0.2, 0) is 0 Å². The van der Waals surface area contributed by atoms with E-state index in [2.05, 4.69) is 11.8 Å². The van der Waals surface area contributed by atoms with Gasteiger partial charge in [-0.25, -0.2) is 8.78 Å². The predicted octanol–water partition coefficient (Wildman–Crippen LogP) is 3.66. The molecule has 2 nitrogen and oxygen atoms in total. The predicted molar refractivity (Wildman–Crippen MR) is 74.8 cm³/mol. The number of nitrogens with zero attached hydrogens (tertiary/aromatic N) is 1. The number of halogens is 2. The Morgan fingerprint density at radius 3 is 2.95 bits per heavy atom. The Morgan fingerprint density at radius 2 is 2.20 bits per heavy atom. The minimum atomic E-state index is -1.03. The van der Waals surface area contributed by atoms with E-state index in [1.165, 1.54) is 31.4 Å². The summed E-state index contributed by atoms with van der Waals surface area (Å²) in [6.07, 6.45) is 3.84. The van der Waals surface area contributed by atoms with E-state index in [0.717, 1.165) is 25.1 Å². The molecule has 4 heteroatoms. The molecule has 0 aliphatic carbocycles. The van der Waals surface area contributed by atoms with Crippen LogP contribution in [0.5, 0.6) is 0 Å². The molecule has 20 heavy (non-hydrogen) atoms. The quantitative estimate of drug-likeness (QED) is 0.742. The summed E-state index contributed by atoms with van der Waals surface area (Å²) in [5.41, 5.74) is -0.130. The SMILES string of the molecule is CCCC1CCN(CCC(=O)c2cccc(F)c2F)C1. The van der Waals surface area contributed by atoms with Crippen LogP contribution in [-0.4, -0.2) is 30.3 Å². The second kappa shape index (κ2) is 6.93. The molecule has 1 saturated heterocycles. The fourth-order valence-electron chi connectivity index (χ4n) is 2.87. The highest BCUT2D eigenvalue weighted by atomic mass is 19.2. The molecule has 1 heterocycles. The van der Waals surface area contributed by atoms with Gasteiger partial charge in [-0.1, -0.05) is 19.4 Å². The summed E-state index contributed by atoms with van der Waals surface area (Å²) in [4.78, 5) is 14.2. The van der Waals surface area contributed by atoms with Crippen molar-refractivity contribution in [2.24, 2.45) is 5.92 Å². The molecular weight excluding hydrogens is 260 g/mol. The Bertz CT molecular complexity index is 476. The normalized spacial score (nSPS) is 19.4. The van der Waals surface area contributed by atoms with Crippen molar-refractivity contribution in [3.05, 3.63) is 35.4 Å². The largest absolute Gasteiger partial charge is 0.303 e. The third-order valence-corrected chi connectivity index (χ3v) is 3.97. The number of likely N-dealkylation sites (tertiary alicyclic amines) is 1. The van der Waals surface area contributed by atoms with Crippen molar-refractivity contribution in [1.82, 2.24) is 4.90 Å². The Labute approximate surface area is 118 Å². The van der Waals surface area contributed by atoms with Crippen molar-refractivity contribution in [2.45, 2.75) is 32.6 Å². The maximum Gasteiger partial charge on any atom is 0.169 e. The maximum absolute atomic E-state index is 13.5. The molecule has 0 aromatic heterocycles. The Hall–Kier alpha value is -1.29. The Morgan fingerprint density at radius 1 is 1.40 bits per heavy atom. The first kappa shape index (κ1) is 15.1. The monoisotopic (exact) mass is 281 g/mol. The van der Waals surface area contributed by atoms with E-state index < -0.39 is 11.6 Å². The van der Waals surface area contributed by atoms with Gasteiger partial charge in [0, 0.05) is 19.5 Å². The highest BCUT2D eigenvalue weighted by molar-refractivity contribution is 5.96. The lowest BCUT2D eigenvalue weighted by atomic mass is 10.0. The zero-order chi connectivity index (χ0) is 14.5. The average molecular weight is 281 g/mol. The van der Waals surface area contributed by atoms with E-state index in [0.29, 0.717) is 6.54 Å². The van der Waals surface area contributed by atoms with Gasteiger partial charge in [0.15, 0.2) is 17.4 Å². The molecule has 1 aliphatic heterocycles. The van der Waals surface area contributed by atoms with E-state index in [1.54, 1.807) is 0 Å². The summed E-state index contributed by atoms with van der Waals surface area (Å²) < 4.78 is 26.6. The lowest BCUT2D eigenvalue weighted by Crippen LogP contribution is -2.24. The molecule has 1 aromatic rings. The lowest BCUT2D eigenvalue weighted by Gasteiger charge is -2.15. The van der Waals surface area contributed by atoms with Crippen LogP contribution in [0.1, 0.15) is 43.0 Å². The molecule has 2 rings (SSSR count). The van der Waals surface area contributed by atoms with Gasteiger partial charge in [0.25, 0.3) is 0 Å². The fourth-order valence-corrected chi connectivity index (χ4v) is 2.87. The van der Waals surface area contributed by atoms with Gasteiger partial charge in [-0.3, -0.25) is 4.79 Å². The van der Waals surface area contributed by atoms with Crippen molar-refractivity contribution in [3.63, 3.8) is 0 Å². The zero-order valence-corrected chi connectivity index (χ0v) is 11.9. The van der Waals surface area contributed by atoms with Crippen LogP contribution in [0.4, 0.5) is 8.78 Å². The van der Waals surface area contributed by atoms with E-state index in [4.69, 9.17) is 0 Å². The summed E-state index contributed by atoms with van der Waals surface area (Å²) in [6.45, 7) is 4.84. The van der Waals surface area contributed by atoms with Gasteiger partial charge in [0.2, 0.25) is 0 Å². The second-order valence-corrected chi connectivity index (χ2v) is 5.52. The van der Waals surface area contributed by atoms with E-state index >= 15 is 0 Å². The number of hydrogen-bond donors (Lipinski definition) is 0. The van der Waals surface area contributed by atoms with Crippen molar-refractivity contribution < 1.29 is 13.6 Å². The Balaban J connectivity index is 1.85. The average Bonchev–Trinajstić information content (AvgIpc) is 2.87. The zero-order valence-electron chi connectivity index (χ0n) is 11.9. The second-order valence-electron chi connectivity index (χ2n) is 5.52. The molecule has 0 bridgehead atoms. The highest BCUT2D eigenvalue weighted by Crippen LogP contribution is 2.21. The van der Waals surface area contributed by atoms with Crippen LogP contribution < -0.4 is 0 Å². The molecule has 1 aliphatic rings. The van der Waals surface area contributed by atoms with E-state index in [9.17, 15) is 13.6 Å². The van der Waals surface area contributed by atoms with Crippen molar-refractivity contribution in [1.29, 1.82) is 0 Å². The molecule has 1 fully saturated rings. The van der Waals surface area contributed by atoms with E-state index in [1.807, 2.05) is 0 Å². The summed E-state index contributed by atoms with van der Waals surface area (Å²) in [5, 5.41) is 0. The minimum absolute atomic E-state index is 0.130. The number of ketones is 1. The van der Waals surface area contributed by atoms with Crippen LogP contribution in [0, 0.1) is 17.6 Å². The highest BCUT2D eigenvalue weighted by Gasteiger charge is 2.22. The standard InChI is InChI=1S/C16H21F2NO/c1-2-4-12-7-9-19(11-12)10-8-15(20)13-5-3-6-14(17)16(13)18/h3,5-6,12H,2,4,7-11H2,1H3.